The zero-order valence-corrected chi connectivity index (χ0v) is 10.8. The minimum atomic E-state index is -0.692. The highest BCUT2D eigenvalue weighted by Crippen LogP contribution is 2.28. The van der Waals surface area contributed by atoms with Crippen LogP contribution in [0.5, 0.6) is 0 Å². The first kappa shape index (κ1) is 13.5. The summed E-state index contributed by atoms with van der Waals surface area (Å²) in [5, 5.41) is 8.90. The van der Waals surface area contributed by atoms with E-state index in [0.717, 1.165) is 5.92 Å². The molecule has 16 heavy (non-hydrogen) atoms. The minimum Gasteiger partial charge on any atom is -0.481 e. The zero-order valence-electron chi connectivity index (χ0n) is 10.8. The summed E-state index contributed by atoms with van der Waals surface area (Å²) in [7, 11) is 2.05. The average Bonchev–Trinajstić information content (AvgIpc) is 2.28. The number of aliphatic carboxylic acids is 1. The molecule has 0 bridgehead atoms. The lowest BCUT2D eigenvalue weighted by molar-refractivity contribution is -0.141. The molecule has 0 heterocycles. The van der Waals surface area contributed by atoms with Crippen molar-refractivity contribution in [3.8, 4) is 0 Å². The molecule has 0 aromatic carbocycles. The van der Waals surface area contributed by atoms with Crippen molar-refractivity contribution in [3.05, 3.63) is 0 Å². The average molecular weight is 227 g/mol. The van der Waals surface area contributed by atoms with Gasteiger partial charge in [0.05, 0.1) is 5.92 Å². The molecule has 0 radical (unpaired) electrons. The van der Waals surface area contributed by atoms with Crippen molar-refractivity contribution in [2.45, 2.75) is 52.0 Å². The second-order valence-electron chi connectivity index (χ2n) is 5.32. The van der Waals surface area contributed by atoms with Gasteiger partial charge in [0.15, 0.2) is 0 Å². The van der Waals surface area contributed by atoms with Gasteiger partial charge in [0, 0.05) is 12.6 Å². The molecule has 0 saturated heterocycles. The highest BCUT2D eigenvalue weighted by atomic mass is 16.4. The van der Waals surface area contributed by atoms with Gasteiger partial charge in [0.2, 0.25) is 0 Å². The van der Waals surface area contributed by atoms with Gasteiger partial charge < -0.3 is 10.0 Å². The lowest BCUT2D eigenvalue weighted by atomic mass is 9.84. The molecular formula is C13H25NO2. The van der Waals surface area contributed by atoms with Gasteiger partial charge in [0.25, 0.3) is 0 Å². The second-order valence-corrected chi connectivity index (χ2v) is 5.32. The Bertz CT molecular complexity index is 224. The van der Waals surface area contributed by atoms with Gasteiger partial charge in [-0.1, -0.05) is 26.2 Å². The van der Waals surface area contributed by atoms with E-state index in [1.165, 1.54) is 32.1 Å². The van der Waals surface area contributed by atoms with Crippen molar-refractivity contribution in [3.63, 3.8) is 0 Å². The maximum Gasteiger partial charge on any atom is 0.307 e. The topological polar surface area (TPSA) is 40.5 Å². The first-order valence-corrected chi connectivity index (χ1v) is 6.45. The Morgan fingerprint density at radius 3 is 2.38 bits per heavy atom. The first-order valence-electron chi connectivity index (χ1n) is 6.45. The second kappa shape index (κ2) is 6.24. The van der Waals surface area contributed by atoms with E-state index in [9.17, 15) is 4.79 Å². The molecule has 1 N–H and O–H groups in total. The van der Waals surface area contributed by atoms with E-state index in [2.05, 4.69) is 18.9 Å². The van der Waals surface area contributed by atoms with Crippen LogP contribution in [0, 0.1) is 11.8 Å². The molecule has 1 aliphatic rings. The van der Waals surface area contributed by atoms with Gasteiger partial charge in [-0.2, -0.15) is 0 Å². The maximum absolute atomic E-state index is 10.8. The normalized spacial score (nSPS) is 22.0. The van der Waals surface area contributed by atoms with Crippen LogP contribution in [0.2, 0.25) is 0 Å². The fourth-order valence-corrected chi connectivity index (χ4v) is 2.65. The quantitative estimate of drug-likeness (QED) is 0.785. The van der Waals surface area contributed by atoms with E-state index in [1.807, 2.05) is 0 Å². The SMILES string of the molecule is CC(CN(C)C(C)C1CCCCC1)C(=O)O. The number of hydrogen-bond acceptors (Lipinski definition) is 2. The number of carboxylic acid groups (broad SMARTS) is 1. The largest absolute Gasteiger partial charge is 0.481 e. The molecule has 1 aliphatic carbocycles. The highest BCUT2D eigenvalue weighted by Gasteiger charge is 2.25. The molecule has 1 rings (SSSR count). The summed E-state index contributed by atoms with van der Waals surface area (Å²) in [6.45, 7) is 4.68. The van der Waals surface area contributed by atoms with Crippen LogP contribution in [0.1, 0.15) is 46.0 Å². The van der Waals surface area contributed by atoms with Crippen molar-refractivity contribution in [2.24, 2.45) is 11.8 Å². The summed E-state index contributed by atoms with van der Waals surface area (Å²) in [5.74, 6) is -0.196. The third-order valence-corrected chi connectivity index (χ3v) is 4.01. The Morgan fingerprint density at radius 1 is 1.31 bits per heavy atom. The Labute approximate surface area is 98.8 Å². The summed E-state index contributed by atoms with van der Waals surface area (Å²) in [6, 6.07) is 0.516. The lowest BCUT2D eigenvalue weighted by Gasteiger charge is -2.35. The summed E-state index contributed by atoms with van der Waals surface area (Å²) in [4.78, 5) is 13.0. The van der Waals surface area contributed by atoms with Crippen LogP contribution >= 0.6 is 0 Å². The molecule has 0 aromatic rings. The van der Waals surface area contributed by atoms with E-state index < -0.39 is 5.97 Å². The molecule has 3 nitrogen and oxygen atoms in total. The molecule has 0 aliphatic heterocycles. The molecule has 94 valence electrons. The van der Waals surface area contributed by atoms with Crippen LogP contribution in [0.3, 0.4) is 0 Å². The molecular weight excluding hydrogens is 202 g/mol. The maximum atomic E-state index is 10.8. The Balaban J connectivity index is 2.39. The Morgan fingerprint density at radius 2 is 1.88 bits per heavy atom. The molecule has 3 heteroatoms. The molecule has 0 amide bonds. The Kier molecular flexibility index (Phi) is 5.26. The van der Waals surface area contributed by atoms with Crippen LogP contribution in [0.4, 0.5) is 0 Å². The van der Waals surface area contributed by atoms with Crippen LogP contribution in [-0.2, 0) is 4.79 Å². The van der Waals surface area contributed by atoms with Crippen LogP contribution in [0.15, 0.2) is 0 Å². The smallest absolute Gasteiger partial charge is 0.307 e. The Hall–Kier alpha value is -0.570. The highest BCUT2D eigenvalue weighted by molar-refractivity contribution is 5.69. The summed E-state index contributed by atoms with van der Waals surface area (Å²) >= 11 is 0. The molecule has 0 aromatic heterocycles. The van der Waals surface area contributed by atoms with Crippen molar-refractivity contribution in [1.29, 1.82) is 0 Å². The van der Waals surface area contributed by atoms with Gasteiger partial charge >= 0.3 is 5.97 Å². The van der Waals surface area contributed by atoms with Crippen LogP contribution in [-0.4, -0.2) is 35.6 Å². The molecule has 2 atom stereocenters. The van der Waals surface area contributed by atoms with E-state index >= 15 is 0 Å². The van der Waals surface area contributed by atoms with E-state index in [-0.39, 0.29) is 5.92 Å². The van der Waals surface area contributed by atoms with Crippen molar-refractivity contribution in [2.75, 3.05) is 13.6 Å². The molecule has 0 spiro atoms. The molecule has 2 unspecified atom stereocenters. The number of carboxylic acids is 1. The first-order chi connectivity index (χ1) is 7.52. The summed E-state index contributed by atoms with van der Waals surface area (Å²) in [5.41, 5.74) is 0. The molecule has 1 saturated carbocycles. The monoisotopic (exact) mass is 227 g/mol. The van der Waals surface area contributed by atoms with Crippen LogP contribution < -0.4 is 0 Å². The predicted molar refractivity (Wildman–Crippen MR) is 65.5 cm³/mol. The predicted octanol–water partition coefficient (Wildman–Crippen LogP) is 2.61. The lowest BCUT2D eigenvalue weighted by Crippen LogP contribution is -2.40. The van der Waals surface area contributed by atoms with Gasteiger partial charge in [-0.05, 0) is 32.7 Å². The summed E-state index contributed by atoms with van der Waals surface area (Å²) in [6.07, 6.45) is 6.69. The third kappa shape index (κ3) is 3.78. The minimum absolute atomic E-state index is 0.268. The zero-order chi connectivity index (χ0) is 12.1. The number of rotatable bonds is 5. The van der Waals surface area contributed by atoms with Crippen molar-refractivity contribution in [1.82, 2.24) is 4.90 Å². The fourth-order valence-electron chi connectivity index (χ4n) is 2.65. The van der Waals surface area contributed by atoms with E-state index in [0.29, 0.717) is 12.6 Å². The van der Waals surface area contributed by atoms with Gasteiger partial charge in [-0.15, -0.1) is 0 Å². The number of nitrogens with zero attached hydrogens (tertiary/aromatic N) is 1. The summed E-state index contributed by atoms with van der Waals surface area (Å²) < 4.78 is 0. The number of carbonyl (C=O) groups is 1. The van der Waals surface area contributed by atoms with Crippen LogP contribution in [0.25, 0.3) is 0 Å². The van der Waals surface area contributed by atoms with Gasteiger partial charge in [-0.3, -0.25) is 4.79 Å². The number of hydrogen-bond donors (Lipinski definition) is 1. The van der Waals surface area contributed by atoms with E-state index in [1.54, 1.807) is 6.92 Å². The van der Waals surface area contributed by atoms with E-state index in [4.69, 9.17) is 5.11 Å². The third-order valence-electron chi connectivity index (χ3n) is 4.01. The van der Waals surface area contributed by atoms with Gasteiger partial charge in [-0.25, -0.2) is 0 Å². The fraction of sp³-hybridized carbons (Fsp3) is 0.923. The van der Waals surface area contributed by atoms with Crippen molar-refractivity contribution >= 4 is 5.97 Å². The van der Waals surface area contributed by atoms with Gasteiger partial charge in [0.1, 0.15) is 0 Å². The standard InChI is InChI=1S/C13H25NO2/c1-10(13(15)16)9-14(3)11(2)12-7-5-4-6-8-12/h10-12H,4-9H2,1-3H3,(H,15,16). The van der Waals surface area contributed by atoms with Crippen molar-refractivity contribution < 1.29 is 9.90 Å². The molecule has 1 fully saturated rings.